The zero-order valence-electron chi connectivity index (χ0n) is 19.1. The third kappa shape index (κ3) is 3.35. The fourth-order valence-electron chi connectivity index (χ4n) is 4.70. The van der Waals surface area contributed by atoms with Gasteiger partial charge in [0.1, 0.15) is 11.5 Å². The molecule has 6 heteroatoms. The number of aromatic nitrogens is 1. The van der Waals surface area contributed by atoms with Gasteiger partial charge in [-0.1, -0.05) is 48.0 Å². The Hall–Kier alpha value is -4.32. The van der Waals surface area contributed by atoms with Crippen molar-refractivity contribution in [3.05, 3.63) is 101 Å². The quantitative estimate of drug-likeness (QED) is 0.246. The van der Waals surface area contributed by atoms with Crippen LogP contribution in [0.2, 0.25) is 0 Å². The summed E-state index contributed by atoms with van der Waals surface area (Å²) in [4.78, 5) is 31.5. The Morgan fingerprint density at radius 3 is 2.56 bits per heavy atom. The summed E-state index contributed by atoms with van der Waals surface area (Å²) in [6.45, 7) is 3.88. The van der Waals surface area contributed by atoms with Crippen LogP contribution in [-0.4, -0.2) is 28.9 Å². The third-order valence-electron chi connectivity index (χ3n) is 6.31. The van der Waals surface area contributed by atoms with E-state index in [1.54, 1.807) is 25.4 Å². The molecule has 0 saturated carbocycles. The topological polar surface area (TPSA) is 82.6 Å². The minimum Gasteiger partial charge on any atom is -0.507 e. The number of carbonyl (C=O) groups is 2. The lowest BCUT2D eigenvalue weighted by molar-refractivity contribution is -0.132. The molecule has 1 aliphatic rings. The van der Waals surface area contributed by atoms with E-state index in [2.05, 4.69) is 4.98 Å². The summed E-state index contributed by atoms with van der Waals surface area (Å²) in [5.74, 6) is -1.02. The lowest BCUT2D eigenvalue weighted by atomic mass is 9.94. The van der Waals surface area contributed by atoms with Crippen LogP contribution in [0.4, 0.5) is 5.69 Å². The lowest BCUT2D eigenvalue weighted by Gasteiger charge is -2.27. The molecule has 170 valence electrons. The van der Waals surface area contributed by atoms with Gasteiger partial charge in [0.15, 0.2) is 0 Å². The third-order valence-corrected chi connectivity index (χ3v) is 6.31. The summed E-state index contributed by atoms with van der Waals surface area (Å²) in [6.07, 6.45) is 1.66. The molecule has 5 rings (SSSR count). The number of hydrogen-bond donors (Lipinski definition) is 2. The van der Waals surface area contributed by atoms with Crippen molar-refractivity contribution in [2.75, 3.05) is 12.0 Å². The van der Waals surface area contributed by atoms with Crippen LogP contribution in [0, 0.1) is 13.8 Å². The van der Waals surface area contributed by atoms with Gasteiger partial charge in [-0.3, -0.25) is 14.5 Å². The van der Waals surface area contributed by atoms with Crippen molar-refractivity contribution in [2.45, 2.75) is 19.9 Å². The van der Waals surface area contributed by atoms with E-state index in [1.807, 2.05) is 68.4 Å². The number of aliphatic hydroxyl groups excluding tert-OH is 1. The fourth-order valence-corrected chi connectivity index (χ4v) is 4.70. The highest BCUT2D eigenvalue weighted by Crippen LogP contribution is 2.44. The first-order valence-corrected chi connectivity index (χ1v) is 11.0. The largest absolute Gasteiger partial charge is 0.507 e. The van der Waals surface area contributed by atoms with E-state index < -0.39 is 17.7 Å². The van der Waals surface area contributed by atoms with Gasteiger partial charge in [0.2, 0.25) is 0 Å². The highest BCUT2D eigenvalue weighted by molar-refractivity contribution is 6.52. The standard InChI is InChI=1S/C28H24N2O4/c1-16-11-12-23(17(2)13-16)30-25(18-7-6-8-19(14-18)34-3)24(27(32)28(30)33)26(31)21-15-29-22-10-5-4-9-20(21)22/h4-15,25,29,31H,1-3H3/b26-24-. The molecule has 0 radical (unpaired) electrons. The number of benzene rings is 3. The number of H-pyrrole nitrogens is 1. The Labute approximate surface area is 197 Å². The van der Waals surface area contributed by atoms with Gasteiger partial charge >= 0.3 is 0 Å². The molecular weight excluding hydrogens is 428 g/mol. The van der Waals surface area contributed by atoms with Gasteiger partial charge in [-0.2, -0.15) is 0 Å². The second kappa shape index (κ2) is 8.23. The van der Waals surface area contributed by atoms with Gasteiger partial charge in [-0.15, -0.1) is 0 Å². The number of aryl methyl sites for hydroxylation is 2. The lowest BCUT2D eigenvalue weighted by Crippen LogP contribution is -2.30. The molecule has 1 amide bonds. The summed E-state index contributed by atoms with van der Waals surface area (Å²) in [5, 5.41) is 12.2. The number of nitrogens with one attached hydrogen (secondary N) is 1. The maximum absolute atomic E-state index is 13.4. The van der Waals surface area contributed by atoms with Gasteiger partial charge in [-0.25, -0.2) is 0 Å². The smallest absolute Gasteiger partial charge is 0.300 e. The van der Waals surface area contributed by atoms with Crippen LogP contribution in [-0.2, 0) is 9.59 Å². The van der Waals surface area contributed by atoms with Crippen LogP contribution in [0.3, 0.4) is 0 Å². The Kier molecular flexibility index (Phi) is 5.21. The average molecular weight is 453 g/mol. The Bertz CT molecular complexity index is 1480. The van der Waals surface area contributed by atoms with Crippen LogP contribution in [0.25, 0.3) is 16.7 Å². The van der Waals surface area contributed by atoms with E-state index in [0.29, 0.717) is 22.6 Å². The van der Waals surface area contributed by atoms with E-state index in [9.17, 15) is 14.7 Å². The highest BCUT2D eigenvalue weighted by atomic mass is 16.5. The number of rotatable bonds is 4. The zero-order valence-corrected chi connectivity index (χ0v) is 19.1. The number of methoxy groups -OCH3 is 1. The zero-order chi connectivity index (χ0) is 24.0. The molecule has 3 aromatic carbocycles. The molecule has 1 atom stereocenters. The molecule has 1 saturated heterocycles. The fraction of sp³-hybridized carbons (Fsp3) is 0.143. The van der Waals surface area contributed by atoms with Crippen molar-refractivity contribution in [3.63, 3.8) is 0 Å². The van der Waals surface area contributed by atoms with Gasteiger partial charge in [0.05, 0.1) is 18.7 Å². The van der Waals surface area contributed by atoms with E-state index >= 15 is 0 Å². The molecule has 2 N–H and O–H groups in total. The number of aromatic amines is 1. The monoisotopic (exact) mass is 452 g/mol. The molecule has 6 nitrogen and oxygen atoms in total. The van der Waals surface area contributed by atoms with E-state index in [-0.39, 0.29) is 11.3 Å². The minimum absolute atomic E-state index is 0.0444. The maximum Gasteiger partial charge on any atom is 0.300 e. The van der Waals surface area contributed by atoms with Crippen LogP contribution in [0.1, 0.15) is 28.3 Å². The van der Waals surface area contributed by atoms with E-state index in [0.717, 1.165) is 22.0 Å². The normalized spacial score (nSPS) is 17.5. The first kappa shape index (κ1) is 21.5. The number of fused-ring (bicyclic) bond motifs is 1. The summed E-state index contributed by atoms with van der Waals surface area (Å²) < 4.78 is 5.40. The van der Waals surface area contributed by atoms with Gasteiger partial charge < -0.3 is 14.8 Å². The number of ether oxygens (including phenoxy) is 1. The SMILES string of the molecule is COc1cccc(C2/C(=C(/O)c3c[nH]c4ccccc34)C(=O)C(=O)N2c2ccc(C)cc2C)c1. The summed E-state index contributed by atoms with van der Waals surface area (Å²) in [5.41, 5.74) is 4.55. The number of Topliss-reactive ketones (excluding diaryl/α,β-unsaturated/α-hetero) is 1. The van der Waals surface area contributed by atoms with Crippen LogP contribution >= 0.6 is 0 Å². The predicted octanol–water partition coefficient (Wildman–Crippen LogP) is 5.42. The second-order valence-electron chi connectivity index (χ2n) is 8.48. The number of hydrogen-bond acceptors (Lipinski definition) is 4. The molecule has 0 aliphatic carbocycles. The van der Waals surface area contributed by atoms with Crippen molar-refractivity contribution >= 4 is 34.0 Å². The molecule has 1 unspecified atom stereocenters. The Morgan fingerprint density at radius 1 is 1.00 bits per heavy atom. The van der Waals surface area contributed by atoms with Crippen molar-refractivity contribution in [3.8, 4) is 5.75 Å². The van der Waals surface area contributed by atoms with E-state index in [1.165, 1.54) is 4.90 Å². The van der Waals surface area contributed by atoms with Crippen LogP contribution in [0.5, 0.6) is 5.75 Å². The molecule has 0 spiro atoms. The number of nitrogens with zero attached hydrogens (tertiary/aromatic N) is 1. The summed E-state index contributed by atoms with van der Waals surface area (Å²) in [7, 11) is 1.56. The van der Waals surface area contributed by atoms with Crippen molar-refractivity contribution < 1.29 is 19.4 Å². The molecule has 4 aromatic rings. The van der Waals surface area contributed by atoms with Crippen molar-refractivity contribution in [1.29, 1.82) is 0 Å². The van der Waals surface area contributed by atoms with Gasteiger partial charge in [0.25, 0.3) is 11.7 Å². The number of para-hydroxylation sites is 1. The molecule has 1 fully saturated rings. The molecule has 1 aromatic heterocycles. The van der Waals surface area contributed by atoms with Gasteiger partial charge in [-0.05, 0) is 49.2 Å². The van der Waals surface area contributed by atoms with Gasteiger partial charge in [0, 0.05) is 28.4 Å². The molecule has 2 heterocycles. The minimum atomic E-state index is -0.815. The van der Waals surface area contributed by atoms with E-state index in [4.69, 9.17) is 4.74 Å². The maximum atomic E-state index is 13.4. The number of ketones is 1. The van der Waals surface area contributed by atoms with Crippen molar-refractivity contribution in [2.24, 2.45) is 0 Å². The first-order chi connectivity index (χ1) is 16.4. The highest BCUT2D eigenvalue weighted by Gasteiger charge is 2.47. The number of carbonyl (C=O) groups excluding carboxylic acids is 2. The molecule has 34 heavy (non-hydrogen) atoms. The first-order valence-electron chi connectivity index (χ1n) is 11.0. The van der Waals surface area contributed by atoms with Crippen LogP contribution in [0.15, 0.2) is 78.5 Å². The van der Waals surface area contributed by atoms with Crippen LogP contribution < -0.4 is 9.64 Å². The summed E-state index contributed by atoms with van der Waals surface area (Å²) in [6, 6.07) is 19.6. The number of aliphatic hydroxyl groups is 1. The molecule has 0 bridgehead atoms. The molecule has 1 aliphatic heterocycles. The second-order valence-corrected chi connectivity index (χ2v) is 8.48. The Morgan fingerprint density at radius 2 is 1.79 bits per heavy atom. The average Bonchev–Trinajstić information content (AvgIpc) is 3.38. The van der Waals surface area contributed by atoms with Crippen molar-refractivity contribution in [1.82, 2.24) is 4.98 Å². The molecular formula is C28H24N2O4. The Balaban J connectivity index is 1.78. The predicted molar refractivity (Wildman–Crippen MR) is 132 cm³/mol. The number of anilines is 1. The summed E-state index contributed by atoms with van der Waals surface area (Å²) >= 11 is 0. The number of amides is 1.